The van der Waals surface area contributed by atoms with Gasteiger partial charge in [0.2, 0.25) is 11.8 Å². The highest BCUT2D eigenvalue weighted by Crippen LogP contribution is 2.23. The largest absolute Gasteiger partial charge is 0.354 e. The number of likely N-dealkylation sites (N-methyl/N-ethyl adjacent to an activating group) is 1. The Hall–Kier alpha value is -1.40. The van der Waals surface area contributed by atoms with Gasteiger partial charge in [0.15, 0.2) is 0 Å². The molecule has 2 amide bonds. The number of rotatable bonds is 7. The average molecular weight is 352 g/mol. The number of hydrogen-bond donors (Lipinski definition) is 1. The van der Waals surface area contributed by atoms with Gasteiger partial charge in [-0.3, -0.25) is 14.5 Å². The van der Waals surface area contributed by atoms with E-state index in [1.807, 2.05) is 0 Å². The quantitative estimate of drug-likeness (QED) is 0.821. The van der Waals surface area contributed by atoms with Crippen molar-refractivity contribution in [3.05, 3.63) is 22.4 Å². The summed E-state index contributed by atoms with van der Waals surface area (Å²) >= 11 is 1.69. The van der Waals surface area contributed by atoms with Crippen LogP contribution in [0.4, 0.5) is 0 Å². The number of carbonyl (C=O) groups is 2. The highest BCUT2D eigenvalue weighted by atomic mass is 32.1. The van der Waals surface area contributed by atoms with Crippen molar-refractivity contribution in [2.75, 3.05) is 32.7 Å². The molecule has 2 atom stereocenters. The van der Waals surface area contributed by atoms with Gasteiger partial charge in [0, 0.05) is 26.6 Å². The number of piperidine rings is 1. The third-order valence-electron chi connectivity index (χ3n) is 4.89. The fourth-order valence-corrected chi connectivity index (χ4v) is 4.11. The maximum Gasteiger partial charge on any atom is 0.224 e. The summed E-state index contributed by atoms with van der Waals surface area (Å²) in [5.74, 6) is 0.0580. The lowest BCUT2D eigenvalue weighted by molar-refractivity contribution is -0.134. The molecule has 1 N–H and O–H groups in total. The maximum atomic E-state index is 12.6. The van der Waals surface area contributed by atoms with Gasteiger partial charge in [-0.1, -0.05) is 13.8 Å². The van der Waals surface area contributed by atoms with Crippen LogP contribution in [0.2, 0.25) is 0 Å². The van der Waals surface area contributed by atoms with Crippen LogP contribution in [0.3, 0.4) is 0 Å². The number of nitrogens with zero attached hydrogens (tertiary/aromatic N) is 2. The molecule has 2 unspecified atom stereocenters. The second-order valence-corrected chi connectivity index (χ2v) is 7.12. The van der Waals surface area contributed by atoms with Gasteiger partial charge in [-0.25, -0.2) is 0 Å². The average Bonchev–Trinajstić information content (AvgIpc) is 3.12. The summed E-state index contributed by atoms with van der Waals surface area (Å²) in [6.45, 7) is 9.72. The zero-order chi connectivity index (χ0) is 17.5. The molecule has 1 fully saturated rings. The Morgan fingerprint density at radius 3 is 2.75 bits per heavy atom. The van der Waals surface area contributed by atoms with Crippen molar-refractivity contribution < 1.29 is 9.59 Å². The van der Waals surface area contributed by atoms with Crippen molar-refractivity contribution in [1.82, 2.24) is 15.1 Å². The fraction of sp³-hybridized carbons (Fsp3) is 0.667. The van der Waals surface area contributed by atoms with Crippen molar-refractivity contribution in [3.63, 3.8) is 0 Å². The van der Waals surface area contributed by atoms with E-state index >= 15 is 0 Å². The topological polar surface area (TPSA) is 52.7 Å². The highest BCUT2D eigenvalue weighted by molar-refractivity contribution is 7.07. The first-order valence-electron chi connectivity index (χ1n) is 8.86. The van der Waals surface area contributed by atoms with Crippen molar-refractivity contribution in [2.45, 2.75) is 39.7 Å². The number of nitrogens with one attached hydrogen (secondary N) is 1. The van der Waals surface area contributed by atoms with Crippen molar-refractivity contribution in [3.8, 4) is 0 Å². The van der Waals surface area contributed by atoms with Crippen LogP contribution in [-0.4, -0.2) is 54.3 Å². The zero-order valence-corrected chi connectivity index (χ0v) is 15.8. The van der Waals surface area contributed by atoms with E-state index in [2.05, 4.69) is 40.9 Å². The first kappa shape index (κ1) is 18.9. The van der Waals surface area contributed by atoms with E-state index in [4.69, 9.17) is 0 Å². The Kier molecular flexibility index (Phi) is 7.24. The fourth-order valence-electron chi connectivity index (χ4n) is 3.41. The first-order valence-corrected chi connectivity index (χ1v) is 9.80. The molecule has 1 aliphatic heterocycles. The molecular weight excluding hydrogens is 322 g/mol. The molecule has 2 heterocycles. The molecule has 1 aliphatic rings. The van der Waals surface area contributed by atoms with Crippen LogP contribution in [0.5, 0.6) is 0 Å². The molecule has 1 aromatic rings. The molecule has 0 aromatic carbocycles. The molecule has 0 spiro atoms. The van der Waals surface area contributed by atoms with Crippen molar-refractivity contribution >= 4 is 23.2 Å². The summed E-state index contributed by atoms with van der Waals surface area (Å²) in [5.41, 5.74) is 1.26. The van der Waals surface area contributed by atoms with Gasteiger partial charge in [0.05, 0.1) is 12.0 Å². The van der Waals surface area contributed by atoms with Crippen LogP contribution in [0.1, 0.15) is 45.2 Å². The molecule has 134 valence electrons. The van der Waals surface area contributed by atoms with Crippen LogP contribution in [0, 0.1) is 5.92 Å². The lowest BCUT2D eigenvalue weighted by Gasteiger charge is -2.33. The molecule has 0 radical (unpaired) electrons. The van der Waals surface area contributed by atoms with E-state index in [0.717, 1.165) is 32.5 Å². The minimum atomic E-state index is -0.0810. The van der Waals surface area contributed by atoms with Gasteiger partial charge in [-0.15, -0.1) is 0 Å². The van der Waals surface area contributed by atoms with Gasteiger partial charge < -0.3 is 10.2 Å². The molecular formula is C18H29N3O2S. The van der Waals surface area contributed by atoms with Crippen LogP contribution in [0.25, 0.3) is 0 Å². The van der Waals surface area contributed by atoms with Crippen LogP contribution in [-0.2, 0) is 9.59 Å². The monoisotopic (exact) mass is 351 g/mol. The van der Waals surface area contributed by atoms with E-state index < -0.39 is 0 Å². The zero-order valence-electron chi connectivity index (χ0n) is 15.0. The van der Waals surface area contributed by atoms with Crippen LogP contribution in [0.15, 0.2) is 16.8 Å². The Morgan fingerprint density at radius 2 is 2.17 bits per heavy atom. The van der Waals surface area contributed by atoms with Crippen LogP contribution >= 0.6 is 11.3 Å². The molecule has 0 bridgehead atoms. The molecule has 0 saturated carbocycles. The van der Waals surface area contributed by atoms with E-state index in [9.17, 15) is 9.59 Å². The number of carbonyl (C=O) groups excluding carboxylic acids is 2. The Balaban J connectivity index is 1.95. The predicted octanol–water partition coefficient (Wildman–Crippen LogP) is 2.51. The second-order valence-electron chi connectivity index (χ2n) is 6.34. The summed E-state index contributed by atoms with van der Waals surface area (Å²) in [4.78, 5) is 28.3. The third kappa shape index (κ3) is 4.80. The predicted molar refractivity (Wildman–Crippen MR) is 98.0 cm³/mol. The van der Waals surface area contributed by atoms with Gasteiger partial charge in [0.25, 0.3) is 0 Å². The Morgan fingerprint density at radius 1 is 1.42 bits per heavy atom. The Labute approximate surface area is 149 Å². The molecule has 6 heteroatoms. The van der Waals surface area contributed by atoms with Crippen LogP contribution < -0.4 is 5.32 Å². The second kappa shape index (κ2) is 9.18. The van der Waals surface area contributed by atoms with E-state index in [1.165, 1.54) is 5.56 Å². The molecule has 1 aromatic heterocycles. The normalized spacial score (nSPS) is 19.3. The highest BCUT2D eigenvalue weighted by Gasteiger charge is 2.28. The molecule has 1 saturated heterocycles. The lowest BCUT2D eigenvalue weighted by Crippen LogP contribution is -2.46. The van der Waals surface area contributed by atoms with Gasteiger partial charge in [-0.05, 0) is 48.3 Å². The van der Waals surface area contributed by atoms with E-state index in [-0.39, 0.29) is 23.8 Å². The number of thiophene rings is 1. The summed E-state index contributed by atoms with van der Waals surface area (Å²) in [5, 5.41) is 7.38. The SMILES string of the molecule is CCN(CC)C(CNC(=O)C1CCCN(C(C)=O)C1)c1ccsc1. The molecule has 0 aliphatic carbocycles. The lowest BCUT2D eigenvalue weighted by atomic mass is 9.97. The molecule has 5 nitrogen and oxygen atoms in total. The number of hydrogen-bond acceptors (Lipinski definition) is 4. The van der Waals surface area contributed by atoms with Crippen molar-refractivity contribution in [1.29, 1.82) is 0 Å². The minimum absolute atomic E-state index is 0.0618. The summed E-state index contributed by atoms with van der Waals surface area (Å²) < 4.78 is 0. The van der Waals surface area contributed by atoms with Gasteiger partial charge in [-0.2, -0.15) is 11.3 Å². The summed E-state index contributed by atoms with van der Waals surface area (Å²) in [7, 11) is 0. The standard InChI is InChI=1S/C18H29N3O2S/c1-4-20(5-2)17(16-8-10-24-13-16)11-19-18(23)15-7-6-9-21(12-15)14(3)22/h8,10,13,15,17H,4-7,9,11-12H2,1-3H3,(H,19,23). The number of likely N-dealkylation sites (tertiary alicyclic amines) is 1. The first-order chi connectivity index (χ1) is 11.6. The minimum Gasteiger partial charge on any atom is -0.354 e. The third-order valence-corrected chi connectivity index (χ3v) is 5.59. The molecule has 2 rings (SSSR count). The molecule has 24 heavy (non-hydrogen) atoms. The van der Waals surface area contributed by atoms with Crippen molar-refractivity contribution in [2.24, 2.45) is 5.92 Å². The van der Waals surface area contributed by atoms with Gasteiger partial charge >= 0.3 is 0 Å². The summed E-state index contributed by atoms with van der Waals surface area (Å²) in [6.07, 6.45) is 1.77. The van der Waals surface area contributed by atoms with E-state index in [0.29, 0.717) is 13.1 Å². The number of amides is 2. The smallest absolute Gasteiger partial charge is 0.224 e. The van der Waals surface area contributed by atoms with E-state index in [1.54, 1.807) is 23.2 Å². The summed E-state index contributed by atoms with van der Waals surface area (Å²) in [6, 6.07) is 2.35. The van der Waals surface area contributed by atoms with Gasteiger partial charge in [0.1, 0.15) is 0 Å². The Bertz CT molecular complexity index is 528. The maximum absolute atomic E-state index is 12.6.